The maximum atomic E-state index is 12.0. The van der Waals surface area contributed by atoms with Crippen molar-refractivity contribution in [3.8, 4) is 6.07 Å². The van der Waals surface area contributed by atoms with E-state index in [1.54, 1.807) is 18.2 Å². The summed E-state index contributed by atoms with van der Waals surface area (Å²) in [7, 11) is 0. The van der Waals surface area contributed by atoms with E-state index in [2.05, 4.69) is 11.1 Å². The molecule has 0 spiro atoms. The molecule has 0 bridgehead atoms. The van der Waals surface area contributed by atoms with Gasteiger partial charge in [-0.1, -0.05) is 23.2 Å². The molecule has 4 nitrogen and oxygen atoms in total. The second kappa shape index (κ2) is 7.25. The summed E-state index contributed by atoms with van der Waals surface area (Å²) in [6.45, 7) is 4.14. The minimum absolute atomic E-state index is 0.331. The molecule has 0 fully saturated rings. The molecule has 6 heteroatoms. The minimum Gasteiger partial charge on any atom is -0.461 e. The van der Waals surface area contributed by atoms with Crippen LogP contribution in [-0.2, 0) is 4.74 Å². The van der Waals surface area contributed by atoms with Gasteiger partial charge in [-0.3, -0.25) is 0 Å². The van der Waals surface area contributed by atoms with Crippen LogP contribution in [0, 0.1) is 16.7 Å². The predicted octanol–water partition coefficient (Wildman–Crippen LogP) is 5.35. The number of halogens is 2. The Bertz CT molecular complexity index is 721. The largest absolute Gasteiger partial charge is 0.461 e. The number of unbranched alkanes of at least 4 members (excludes halogenated alkanes) is 1. The first-order chi connectivity index (χ1) is 10.8. The van der Waals surface area contributed by atoms with Gasteiger partial charge in [0.15, 0.2) is 0 Å². The normalized spacial score (nSPS) is 11.4. The highest BCUT2D eigenvalue weighted by Crippen LogP contribution is 2.28. The van der Waals surface area contributed by atoms with Crippen LogP contribution in [0.5, 0.6) is 0 Å². The third kappa shape index (κ3) is 4.63. The van der Waals surface area contributed by atoms with Crippen LogP contribution in [0.4, 0.5) is 0 Å². The molecular weight excluding hydrogens is 335 g/mol. The zero-order valence-electron chi connectivity index (χ0n) is 13.1. The van der Waals surface area contributed by atoms with E-state index >= 15 is 0 Å². The van der Waals surface area contributed by atoms with Crippen LogP contribution in [0.2, 0.25) is 10.0 Å². The summed E-state index contributed by atoms with van der Waals surface area (Å²) in [5.74, 6) is -0.409. The second-order valence-corrected chi connectivity index (χ2v) is 6.94. The van der Waals surface area contributed by atoms with Crippen LogP contribution >= 0.6 is 23.2 Å². The molecule has 2 aromatic rings. The summed E-state index contributed by atoms with van der Waals surface area (Å²) in [5, 5.41) is 10.6. The van der Waals surface area contributed by atoms with Crippen LogP contribution in [0.15, 0.2) is 18.2 Å². The molecule has 1 aromatic carbocycles. The fraction of sp³-hybridized carbons (Fsp3) is 0.412. The van der Waals surface area contributed by atoms with E-state index in [9.17, 15) is 4.79 Å². The number of nitrogens with one attached hydrogen (secondary N) is 1. The average Bonchev–Trinajstić information content (AvgIpc) is 2.90. The molecule has 1 heterocycles. The Morgan fingerprint density at radius 2 is 1.96 bits per heavy atom. The summed E-state index contributed by atoms with van der Waals surface area (Å²) >= 11 is 11.9. The van der Waals surface area contributed by atoms with Gasteiger partial charge in [0, 0.05) is 10.9 Å². The van der Waals surface area contributed by atoms with Crippen LogP contribution in [0.1, 0.15) is 43.6 Å². The van der Waals surface area contributed by atoms with Crippen molar-refractivity contribution in [1.82, 2.24) is 4.98 Å². The smallest absolute Gasteiger partial charge is 0.354 e. The van der Waals surface area contributed by atoms with E-state index in [0.29, 0.717) is 22.3 Å². The third-order valence-electron chi connectivity index (χ3n) is 3.61. The lowest BCUT2D eigenvalue weighted by molar-refractivity contribution is 0.0490. The molecule has 2 rings (SSSR count). The molecule has 122 valence electrons. The highest BCUT2D eigenvalue weighted by molar-refractivity contribution is 6.42. The van der Waals surface area contributed by atoms with Gasteiger partial charge in [-0.25, -0.2) is 4.79 Å². The Morgan fingerprint density at radius 3 is 2.65 bits per heavy atom. The fourth-order valence-electron chi connectivity index (χ4n) is 2.20. The van der Waals surface area contributed by atoms with Gasteiger partial charge in [0.05, 0.1) is 28.1 Å². The first-order valence-electron chi connectivity index (χ1n) is 7.38. The molecule has 0 saturated heterocycles. The van der Waals surface area contributed by atoms with E-state index in [-0.39, 0.29) is 5.41 Å². The van der Waals surface area contributed by atoms with E-state index in [4.69, 9.17) is 33.2 Å². The Morgan fingerprint density at radius 1 is 1.26 bits per heavy atom. The fourth-order valence-corrected chi connectivity index (χ4v) is 2.54. The number of fused-ring (bicyclic) bond motifs is 1. The quantitative estimate of drug-likeness (QED) is 0.562. The number of H-pyrrole nitrogens is 1. The van der Waals surface area contributed by atoms with Crippen molar-refractivity contribution in [3.05, 3.63) is 33.9 Å². The van der Waals surface area contributed by atoms with Crippen molar-refractivity contribution in [2.75, 3.05) is 6.61 Å². The average molecular weight is 353 g/mol. The molecule has 0 amide bonds. The zero-order valence-corrected chi connectivity index (χ0v) is 14.6. The predicted molar refractivity (Wildman–Crippen MR) is 91.8 cm³/mol. The maximum absolute atomic E-state index is 12.0. The van der Waals surface area contributed by atoms with E-state index < -0.39 is 5.97 Å². The molecule has 0 unspecified atom stereocenters. The monoisotopic (exact) mass is 352 g/mol. The summed E-state index contributed by atoms with van der Waals surface area (Å²) in [6, 6.07) is 7.33. The second-order valence-electron chi connectivity index (χ2n) is 6.13. The number of benzene rings is 1. The number of carbonyl (C=O) groups is 1. The minimum atomic E-state index is -0.409. The topological polar surface area (TPSA) is 65.9 Å². The lowest BCUT2D eigenvalue weighted by atomic mass is 9.89. The van der Waals surface area contributed by atoms with E-state index in [1.165, 1.54) is 0 Å². The summed E-state index contributed by atoms with van der Waals surface area (Å²) in [6.07, 6.45) is 2.35. The van der Waals surface area contributed by atoms with E-state index in [0.717, 1.165) is 30.2 Å². The van der Waals surface area contributed by atoms with Crippen molar-refractivity contribution in [2.45, 2.75) is 33.1 Å². The van der Waals surface area contributed by atoms with Crippen molar-refractivity contribution in [1.29, 1.82) is 5.26 Å². The van der Waals surface area contributed by atoms with E-state index in [1.807, 2.05) is 13.8 Å². The van der Waals surface area contributed by atoms with Crippen LogP contribution in [0.3, 0.4) is 0 Å². The Labute approximate surface area is 145 Å². The lowest BCUT2D eigenvalue weighted by Crippen LogP contribution is -2.10. The van der Waals surface area contributed by atoms with Gasteiger partial charge in [0.2, 0.25) is 0 Å². The number of hydrogen-bond acceptors (Lipinski definition) is 3. The van der Waals surface area contributed by atoms with Gasteiger partial charge >= 0.3 is 5.97 Å². The van der Waals surface area contributed by atoms with Gasteiger partial charge in [0.25, 0.3) is 0 Å². The molecule has 23 heavy (non-hydrogen) atoms. The number of aromatic nitrogens is 1. The number of ether oxygens (including phenoxy) is 1. The van der Waals surface area contributed by atoms with Gasteiger partial charge < -0.3 is 9.72 Å². The van der Waals surface area contributed by atoms with Gasteiger partial charge in [-0.15, -0.1) is 0 Å². The van der Waals surface area contributed by atoms with Crippen molar-refractivity contribution < 1.29 is 9.53 Å². The summed E-state index contributed by atoms with van der Waals surface area (Å²) in [5.41, 5.74) is 0.775. The molecular formula is C17H18Cl2N2O2. The third-order valence-corrected chi connectivity index (χ3v) is 4.34. The molecule has 1 aromatic heterocycles. The maximum Gasteiger partial charge on any atom is 0.354 e. The Balaban J connectivity index is 1.88. The van der Waals surface area contributed by atoms with Gasteiger partial charge in [-0.2, -0.15) is 5.26 Å². The highest BCUT2D eigenvalue weighted by Gasteiger charge is 2.16. The Kier molecular flexibility index (Phi) is 5.56. The molecule has 0 aliphatic carbocycles. The number of esters is 1. The molecule has 0 aliphatic heterocycles. The number of rotatable bonds is 6. The van der Waals surface area contributed by atoms with Crippen molar-refractivity contribution in [3.63, 3.8) is 0 Å². The summed E-state index contributed by atoms with van der Waals surface area (Å²) < 4.78 is 5.25. The molecule has 0 radical (unpaired) electrons. The van der Waals surface area contributed by atoms with Crippen LogP contribution < -0.4 is 0 Å². The number of hydrogen-bond donors (Lipinski definition) is 1. The number of carbonyl (C=O) groups excluding carboxylic acids is 1. The molecule has 1 N–H and O–H groups in total. The molecule has 0 aliphatic rings. The first kappa shape index (κ1) is 17.7. The van der Waals surface area contributed by atoms with Crippen molar-refractivity contribution in [2.24, 2.45) is 5.41 Å². The van der Waals surface area contributed by atoms with Crippen LogP contribution in [0.25, 0.3) is 10.9 Å². The number of nitrogens with zero attached hydrogens (tertiary/aromatic N) is 1. The SMILES string of the molecule is CC(C)(C#N)CCCCOC(=O)c1cc2cc(Cl)c(Cl)cc2[nH]1. The van der Waals surface area contributed by atoms with Gasteiger partial charge in [-0.05, 0) is 51.3 Å². The van der Waals surface area contributed by atoms with Crippen LogP contribution in [-0.4, -0.2) is 17.6 Å². The number of aromatic amines is 1. The first-order valence-corrected chi connectivity index (χ1v) is 8.14. The molecule has 0 saturated carbocycles. The molecule has 0 atom stereocenters. The highest BCUT2D eigenvalue weighted by atomic mass is 35.5. The zero-order chi connectivity index (χ0) is 17.0. The standard InChI is InChI=1S/C17H18Cl2N2O2/c1-17(2,10-20)5-3-4-6-23-16(22)15-8-11-7-12(18)13(19)9-14(11)21-15/h7-9,21H,3-6H2,1-2H3. The summed E-state index contributed by atoms with van der Waals surface area (Å²) in [4.78, 5) is 15.0. The van der Waals surface area contributed by atoms with Gasteiger partial charge in [0.1, 0.15) is 5.69 Å². The van der Waals surface area contributed by atoms with Crippen molar-refractivity contribution >= 4 is 40.1 Å². The Hall–Kier alpha value is -1.70. The number of nitriles is 1. The lowest BCUT2D eigenvalue weighted by Gasteiger charge is -2.14.